The van der Waals surface area contributed by atoms with E-state index in [1.807, 2.05) is 0 Å². The van der Waals surface area contributed by atoms with Crippen LogP contribution in [0.15, 0.2) is 24.3 Å². The molecule has 1 atom stereocenters. The van der Waals surface area contributed by atoms with E-state index in [1.165, 1.54) is 36.5 Å². The van der Waals surface area contributed by atoms with Gasteiger partial charge in [0.2, 0.25) is 0 Å². The molecule has 0 bridgehead atoms. The van der Waals surface area contributed by atoms with Crippen molar-refractivity contribution in [3.63, 3.8) is 0 Å². The Bertz CT molecular complexity index is 599. The fraction of sp³-hybridized carbons (Fsp3) is 0.375. The Morgan fingerprint density at radius 3 is 2.75 bits per heavy atom. The van der Waals surface area contributed by atoms with E-state index in [0.29, 0.717) is 11.3 Å². The molecule has 106 valence electrons. The summed E-state index contributed by atoms with van der Waals surface area (Å²) < 4.78 is 19.1. The number of fused-ring (bicyclic) bond motifs is 1. The Hall–Kier alpha value is -1.39. The molecule has 0 aliphatic heterocycles. The van der Waals surface area contributed by atoms with Gasteiger partial charge in [-0.15, -0.1) is 11.3 Å². The van der Waals surface area contributed by atoms with Gasteiger partial charge in [-0.1, -0.05) is 6.07 Å². The first-order valence-corrected chi connectivity index (χ1v) is 7.71. The molecular weight excluding hydrogens is 273 g/mol. The molecule has 0 spiro atoms. The molecule has 2 nitrogen and oxygen atoms in total. The van der Waals surface area contributed by atoms with Crippen LogP contribution in [0.5, 0.6) is 5.75 Å². The second-order valence-corrected chi connectivity index (χ2v) is 6.34. The average molecular weight is 291 g/mol. The largest absolute Gasteiger partial charge is 0.497 e. The summed E-state index contributed by atoms with van der Waals surface area (Å²) in [6, 6.07) is 6.64. The zero-order chi connectivity index (χ0) is 14.1. The molecule has 0 saturated carbocycles. The maximum absolute atomic E-state index is 14.1. The summed E-state index contributed by atoms with van der Waals surface area (Å²) >= 11 is 1.73. The Labute approximate surface area is 122 Å². The highest BCUT2D eigenvalue weighted by molar-refractivity contribution is 7.12. The zero-order valence-corrected chi connectivity index (χ0v) is 12.3. The number of hydrogen-bond donors (Lipinski definition) is 1. The quantitative estimate of drug-likeness (QED) is 0.933. The number of halogens is 1. The first-order valence-electron chi connectivity index (χ1n) is 6.89. The Balaban J connectivity index is 1.92. The summed E-state index contributed by atoms with van der Waals surface area (Å²) in [5.74, 6) is 0.215. The number of hydrogen-bond acceptors (Lipinski definition) is 3. The van der Waals surface area contributed by atoms with E-state index in [0.717, 1.165) is 17.7 Å². The predicted octanol–water partition coefficient (Wildman–Crippen LogP) is 3.82. The number of ether oxygens (including phenoxy) is 1. The van der Waals surface area contributed by atoms with Gasteiger partial charge in [0.25, 0.3) is 0 Å². The van der Waals surface area contributed by atoms with Gasteiger partial charge in [-0.2, -0.15) is 0 Å². The lowest BCUT2D eigenvalue weighted by atomic mass is 9.98. The van der Waals surface area contributed by atoms with E-state index >= 15 is 0 Å². The summed E-state index contributed by atoms with van der Waals surface area (Å²) in [4.78, 5) is 2.48. The second-order valence-electron chi connectivity index (χ2n) is 5.17. The van der Waals surface area contributed by atoms with Gasteiger partial charge in [-0.05, 0) is 43.4 Å². The lowest BCUT2D eigenvalue weighted by molar-refractivity contribution is 0.410. The minimum Gasteiger partial charge on any atom is -0.497 e. The Morgan fingerprint density at radius 1 is 1.25 bits per heavy atom. The van der Waals surface area contributed by atoms with Crippen LogP contribution in [0.25, 0.3) is 0 Å². The van der Waals surface area contributed by atoms with Crippen molar-refractivity contribution in [1.82, 2.24) is 0 Å². The molecule has 0 amide bonds. The molecule has 3 rings (SSSR count). The van der Waals surface area contributed by atoms with Crippen molar-refractivity contribution in [3.05, 3.63) is 51.0 Å². The molecule has 0 fully saturated rings. The fourth-order valence-corrected chi connectivity index (χ4v) is 3.99. The highest BCUT2D eigenvalue weighted by Gasteiger charge is 2.20. The zero-order valence-electron chi connectivity index (χ0n) is 11.5. The van der Waals surface area contributed by atoms with Crippen molar-refractivity contribution >= 4 is 11.3 Å². The number of aryl methyl sites for hydroxylation is 2. The van der Waals surface area contributed by atoms with Crippen LogP contribution in [-0.2, 0) is 12.8 Å². The molecule has 1 aliphatic rings. The van der Waals surface area contributed by atoms with Crippen molar-refractivity contribution in [2.75, 3.05) is 7.11 Å². The van der Waals surface area contributed by atoms with Crippen LogP contribution in [0.4, 0.5) is 4.39 Å². The minimum absolute atomic E-state index is 0.303. The van der Waals surface area contributed by atoms with E-state index in [-0.39, 0.29) is 5.82 Å². The molecular formula is C16H18FNOS. The van der Waals surface area contributed by atoms with E-state index in [1.54, 1.807) is 23.5 Å². The maximum atomic E-state index is 14.1. The second kappa shape index (κ2) is 5.54. The number of nitrogens with two attached hydrogens (primary N) is 1. The maximum Gasteiger partial charge on any atom is 0.132 e. The van der Waals surface area contributed by atoms with Gasteiger partial charge in [0.05, 0.1) is 13.2 Å². The van der Waals surface area contributed by atoms with Gasteiger partial charge in [-0.25, -0.2) is 4.39 Å². The molecule has 1 aliphatic carbocycles. The van der Waals surface area contributed by atoms with Crippen LogP contribution < -0.4 is 10.5 Å². The van der Waals surface area contributed by atoms with Gasteiger partial charge in [0.1, 0.15) is 11.6 Å². The number of thiophene rings is 1. The smallest absolute Gasteiger partial charge is 0.132 e. The van der Waals surface area contributed by atoms with Crippen LogP contribution in [-0.4, -0.2) is 7.11 Å². The summed E-state index contributed by atoms with van der Waals surface area (Å²) in [6.07, 6.45) is 4.76. The molecule has 1 aromatic carbocycles. The first-order chi connectivity index (χ1) is 9.69. The topological polar surface area (TPSA) is 35.2 Å². The SMILES string of the molecule is COc1ccc(C(N)c2cc3c(s2)CCCC3)c(F)c1. The molecule has 4 heteroatoms. The Kier molecular flexibility index (Phi) is 3.76. The summed E-state index contributed by atoms with van der Waals surface area (Å²) in [5.41, 5.74) is 8.19. The van der Waals surface area contributed by atoms with Crippen molar-refractivity contribution in [3.8, 4) is 5.75 Å². The van der Waals surface area contributed by atoms with E-state index in [4.69, 9.17) is 10.5 Å². The van der Waals surface area contributed by atoms with Gasteiger partial charge in [0.15, 0.2) is 0 Å². The molecule has 0 radical (unpaired) electrons. The highest BCUT2D eigenvalue weighted by atomic mass is 32.1. The third-order valence-electron chi connectivity index (χ3n) is 3.86. The van der Waals surface area contributed by atoms with Crippen LogP contribution in [0, 0.1) is 5.82 Å². The van der Waals surface area contributed by atoms with Crippen molar-refractivity contribution in [2.45, 2.75) is 31.7 Å². The third kappa shape index (κ3) is 2.45. The lowest BCUT2D eigenvalue weighted by Crippen LogP contribution is -2.12. The molecule has 20 heavy (non-hydrogen) atoms. The molecule has 1 aromatic heterocycles. The Morgan fingerprint density at radius 2 is 2.05 bits per heavy atom. The molecule has 2 N–H and O–H groups in total. The first kappa shape index (κ1) is 13.6. The normalized spacial score (nSPS) is 15.8. The number of benzene rings is 1. The van der Waals surface area contributed by atoms with Crippen LogP contribution in [0.2, 0.25) is 0 Å². The highest BCUT2D eigenvalue weighted by Crippen LogP contribution is 2.35. The third-order valence-corrected chi connectivity index (χ3v) is 5.19. The minimum atomic E-state index is -0.392. The standard InChI is InChI=1S/C16H18FNOS/c1-19-11-6-7-12(13(17)9-11)16(18)15-8-10-4-2-3-5-14(10)20-15/h6-9,16H,2-5,18H2,1H3. The average Bonchev–Trinajstić information content (AvgIpc) is 2.90. The predicted molar refractivity (Wildman–Crippen MR) is 79.9 cm³/mol. The van der Waals surface area contributed by atoms with E-state index in [2.05, 4.69) is 6.07 Å². The summed E-state index contributed by atoms with van der Waals surface area (Å²) in [7, 11) is 1.53. The molecule has 0 saturated heterocycles. The van der Waals surface area contributed by atoms with Crippen molar-refractivity contribution in [2.24, 2.45) is 5.73 Å². The van der Waals surface area contributed by atoms with Gasteiger partial charge < -0.3 is 10.5 Å². The summed E-state index contributed by atoms with van der Waals surface area (Å²) in [5, 5.41) is 0. The van der Waals surface area contributed by atoms with Crippen molar-refractivity contribution < 1.29 is 9.13 Å². The molecule has 1 unspecified atom stereocenters. The number of methoxy groups -OCH3 is 1. The van der Waals surface area contributed by atoms with Crippen LogP contribution in [0.3, 0.4) is 0 Å². The lowest BCUT2D eigenvalue weighted by Gasteiger charge is -2.12. The van der Waals surface area contributed by atoms with Gasteiger partial charge >= 0.3 is 0 Å². The van der Waals surface area contributed by atoms with E-state index < -0.39 is 6.04 Å². The fourth-order valence-electron chi connectivity index (χ4n) is 2.71. The monoisotopic (exact) mass is 291 g/mol. The van der Waals surface area contributed by atoms with Gasteiger partial charge in [0, 0.05) is 21.4 Å². The van der Waals surface area contributed by atoms with Crippen LogP contribution in [0.1, 0.15) is 39.8 Å². The van der Waals surface area contributed by atoms with Crippen molar-refractivity contribution in [1.29, 1.82) is 0 Å². The molecule has 1 heterocycles. The van der Waals surface area contributed by atoms with E-state index in [9.17, 15) is 4.39 Å². The van der Waals surface area contributed by atoms with Gasteiger partial charge in [-0.3, -0.25) is 0 Å². The molecule has 2 aromatic rings. The van der Waals surface area contributed by atoms with Crippen LogP contribution >= 0.6 is 11.3 Å². The summed E-state index contributed by atoms with van der Waals surface area (Å²) in [6.45, 7) is 0. The number of rotatable bonds is 3.